The Bertz CT molecular complexity index is 1280. The van der Waals surface area contributed by atoms with Crippen molar-refractivity contribution in [2.45, 2.75) is 39.0 Å². The molecule has 1 aliphatic rings. The first-order valence-corrected chi connectivity index (χ1v) is 15.4. The van der Waals surface area contributed by atoms with E-state index in [1.807, 2.05) is 37.8 Å². The van der Waals surface area contributed by atoms with Gasteiger partial charge in [-0.2, -0.15) is 0 Å². The molecule has 0 bridgehead atoms. The van der Waals surface area contributed by atoms with Gasteiger partial charge in [-0.25, -0.2) is 16.8 Å². The lowest BCUT2D eigenvalue weighted by Gasteiger charge is -2.36. The van der Waals surface area contributed by atoms with Crippen LogP contribution in [0.2, 0.25) is 0 Å². The van der Waals surface area contributed by atoms with E-state index >= 15 is 0 Å². The molecule has 0 radical (unpaired) electrons. The van der Waals surface area contributed by atoms with Crippen LogP contribution in [0.3, 0.4) is 0 Å². The van der Waals surface area contributed by atoms with Gasteiger partial charge < -0.3 is 9.80 Å². The van der Waals surface area contributed by atoms with Gasteiger partial charge in [0.25, 0.3) is 10.0 Å². The summed E-state index contributed by atoms with van der Waals surface area (Å²) < 4.78 is 55.9. The highest BCUT2D eigenvalue weighted by Crippen LogP contribution is 2.33. The van der Waals surface area contributed by atoms with Gasteiger partial charge >= 0.3 is 0 Å². The van der Waals surface area contributed by atoms with Crippen molar-refractivity contribution in [3.63, 3.8) is 0 Å². The number of sulfonamides is 2. The van der Waals surface area contributed by atoms with E-state index in [-0.39, 0.29) is 29.0 Å². The van der Waals surface area contributed by atoms with Crippen molar-refractivity contribution >= 4 is 43.0 Å². The molecule has 1 fully saturated rings. The Morgan fingerprint density at radius 2 is 1.61 bits per heavy atom. The maximum Gasteiger partial charge on any atom is 0.264 e. The molecular weight excluding hydrogens is 500 g/mol. The lowest BCUT2D eigenvalue weighted by Crippen LogP contribution is -2.48. The normalized spacial score (nSPS) is 14.7. The quantitative estimate of drug-likeness (QED) is 0.528. The van der Waals surface area contributed by atoms with Crippen molar-refractivity contribution in [2.24, 2.45) is 5.92 Å². The Labute approximate surface area is 215 Å². The molecule has 1 amide bonds. The van der Waals surface area contributed by atoms with Gasteiger partial charge in [0.1, 0.15) is 0 Å². The van der Waals surface area contributed by atoms with Gasteiger partial charge in [0, 0.05) is 39.6 Å². The Morgan fingerprint density at radius 3 is 2.11 bits per heavy atom. The number of hydrogen-bond donors (Lipinski definition) is 1. The van der Waals surface area contributed by atoms with Crippen molar-refractivity contribution in [1.29, 1.82) is 0 Å². The molecule has 0 atom stereocenters. The number of carbonyl (C=O) groups excluding carboxylic acids is 1. The number of hydrogen-bond acceptors (Lipinski definition) is 6. The second-order valence-corrected chi connectivity index (χ2v) is 13.1. The summed E-state index contributed by atoms with van der Waals surface area (Å²) in [6.45, 7) is 9.75. The van der Waals surface area contributed by atoms with Gasteiger partial charge in [-0.15, -0.1) is 0 Å². The number of aryl methyl sites for hydroxylation is 1. The van der Waals surface area contributed by atoms with Crippen LogP contribution in [0.15, 0.2) is 47.4 Å². The second-order valence-electron chi connectivity index (χ2n) is 9.50. The first kappa shape index (κ1) is 27.8. The third kappa shape index (κ3) is 6.70. The fourth-order valence-electron chi connectivity index (χ4n) is 4.19. The van der Waals surface area contributed by atoms with Crippen LogP contribution in [0.4, 0.5) is 17.1 Å². The Balaban J connectivity index is 2.03. The van der Waals surface area contributed by atoms with Crippen molar-refractivity contribution in [2.75, 3.05) is 52.9 Å². The third-order valence-corrected chi connectivity index (χ3v) is 8.46. The van der Waals surface area contributed by atoms with E-state index in [0.717, 1.165) is 18.2 Å². The minimum absolute atomic E-state index is 0.00000926. The summed E-state index contributed by atoms with van der Waals surface area (Å²) in [6.07, 6.45) is 1.88. The van der Waals surface area contributed by atoms with E-state index in [9.17, 15) is 21.6 Å². The summed E-state index contributed by atoms with van der Waals surface area (Å²) in [5.74, 6) is 0.0545. The van der Waals surface area contributed by atoms with Crippen LogP contribution in [-0.2, 0) is 31.3 Å². The lowest BCUT2D eigenvalue weighted by atomic mass is 10.1. The highest BCUT2D eigenvalue weighted by molar-refractivity contribution is 7.93. The Hall–Kier alpha value is -2.79. The van der Waals surface area contributed by atoms with Gasteiger partial charge in [-0.05, 0) is 48.2 Å². The van der Waals surface area contributed by atoms with E-state index in [0.29, 0.717) is 37.6 Å². The van der Waals surface area contributed by atoms with Crippen molar-refractivity contribution in [3.05, 3.63) is 48.0 Å². The smallest absolute Gasteiger partial charge is 0.264 e. The van der Waals surface area contributed by atoms with E-state index in [2.05, 4.69) is 4.72 Å². The minimum atomic E-state index is -3.99. The van der Waals surface area contributed by atoms with Gasteiger partial charge in [-0.3, -0.25) is 13.8 Å². The fourth-order valence-corrected chi connectivity index (χ4v) is 6.41. The maximum atomic E-state index is 13.8. The van der Waals surface area contributed by atoms with Crippen molar-refractivity contribution in [3.8, 4) is 0 Å². The summed E-state index contributed by atoms with van der Waals surface area (Å²) in [6, 6.07) is 12.0. The molecular formula is C25H36N4O5S2. The van der Waals surface area contributed by atoms with E-state index in [1.165, 1.54) is 23.4 Å². The van der Waals surface area contributed by atoms with Crippen LogP contribution in [0.5, 0.6) is 0 Å². The Kier molecular flexibility index (Phi) is 8.55. The maximum absolute atomic E-state index is 13.8. The SMILES string of the molecule is CCc1ccc(N(CC(C)C)S(=O)(=O)c2ccc(N3CCN(C(C)=O)CC3)c(NS(C)(=O)=O)c2)cc1. The number of rotatable bonds is 9. The number of anilines is 3. The monoisotopic (exact) mass is 536 g/mol. The number of nitrogens with one attached hydrogen (secondary N) is 1. The van der Waals surface area contributed by atoms with Gasteiger partial charge in [0.2, 0.25) is 15.9 Å². The zero-order valence-electron chi connectivity index (χ0n) is 21.6. The van der Waals surface area contributed by atoms with E-state index in [1.54, 1.807) is 23.1 Å². The third-order valence-electron chi connectivity index (χ3n) is 6.08. The molecule has 0 saturated carbocycles. The van der Waals surface area contributed by atoms with Crippen LogP contribution >= 0.6 is 0 Å². The molecule has 0 aliphatic carbocycles. The molecule has 198 valence electrons. The summed E-state index contributed by atoms with van der Waals surface area (Å²) in [5, 5.41) is 0. The number of nitrogens with zero attached hydrogens (tertiary/aromatic N) is 3. The number of benzene rings is 2. The molecule has 36 heavy (non-hydrogen) atoms. The largest absolute Gasteiger partial charge is 0.366 e. The minimum Gasteiger partial charge on any atom is -0.366 e. The molecule has 2 aromatic rings. The zero-order chi connectivity index (χ0) is 26.7. The van der Waals surface area contributed by atoms with Gasteiger partial charge in [-0.1, -0.05) is 32.9 Å². The highest BCUT2D eigenvalue weighted by Gasteiger charge is 2.28. The van der Waals surface area contributed by atoms with Crippen LogP contribution in [0, 0.1) is 5.92 Å². The lowest BCUT2D eigenvalue weighted by molar-refractivity contribution is -0.129. The molecule has 1 heterocycles. The summed E-state index contributed by atoms with van der Waals surface area (Å²) in [4.78, 5) is 15.4. The summed E-state index contributed by atoms with van der Waals surface area (Å²) >= 11 is 0. The summed E-state index contributed by atoms with van der Waals surface area (Å²) in [7, 11) is -7.66. The van der Waals surface area contributed by atoms with Gasteiger partial charge in [0.05, 0.1) is 28.2 Å². The molecule has 1 N–H and O–H groups in total. The van der Waals surface area contributed by atoms with Crippen LogP contribution < -0.4 is 13.9 Å². The topological polar surface area (TPSA) is 107 Å². The average Bonchev–Trinajstić information content (AvgIpc) is 2.81. The first-order valence-electron chi connectivity index (χ1n) is 12.1. The number of carbonyl (C=O) groups is 1. The molecule has 0 aromatic heterocycles. The molecule has 2 aromatic carbocycles. The highest BCUT2D eigenvalue weighted by atomic mass is 32.2. The summed E-state index contributed by atoms with van der Waals surface area (Å²) in [5.41, 5.74) is 2.43. The molecule has 1 aliphatic heterocycles. The van der Waals surface area contributed by atoms with Crippen LogP contribution in [0.1, 0.15) is 33.3 Å². The zero-order valence-corrected chi connectivity index (χ0v) is 23.2. The molecule has 9 nitrogen and oxygen atoms in total. The fraction of sp³-hybridized carbons (Fsp3) is 0.480. The average molecular weight is 537 g/mol. The number of piperazine rings is 1. The van der Waals surface area contributed by atoms with Crippen molar-refractivity contribution in [1.82, 2.24) is 4.90 Å². The molecule has 0 unspecified atom stereocenters. The van der Waals surface area contributed by atoms with Crippen molar-refractivity contribution < 1.29 is 21.6 Å². The molecule has 1 saturated heterocycles. The second kappa shape index (κ2) is 11.1. The van der Waals surface area contributed by atoms with Crippen LogP contribution in [-0.4, -0.2) is 66.6 Å². The van der Waals surface area contributed by atoms with E-state index in [4.69, 9.17) is 0 Å². The van der Waals surface area contributed by atoms with Gasteiger partial charge in [0.15, 0.2) is 0 Å². The first-order chi connectivity index (χ1) is 16.8. The predicted octanol–water partition coefficient (Wildman–Crippen LogP) is 3.14. The molecule has 3 rings (SSSR count). The Morgan fingerprint density at radius 1 is 1.00 bits per heavy atom. The molecule has 11 heteroatoms. The van der Waals surface area contributed by atoms with Crippen LogP contribution in [0.25, 0.3) is 0 Å². The standard InChI is InChI=1S/C25H36N4O5S2/c1-6-21-7-9-22(10-8-21)29(18-19(2)3)36(33,34)23-11-12-25(24(17-23)26-35(5,31)32)28-15-13-27(14-16-28)20(4)30/h7-12,17,19,26H,6,13-16,18H2,1-5H3. The number of amides is 1. The molecule has 0 spiro atoms. The predicted molar refractivity (Wildman–Crippen MR) is 145 cm³/mol. The van der Waals surface area contributed by atoms with E-state index < -0.39 is 20.0 Å².